The number of benzene rings is 1. The zero-order valence-corrected chi connectivity index (χ0v) is 12.4. The first kappa shape index (κ1) is 15.4. The van der Waals surface area contributed by atoms with E-state index in [1.54, 1.807) is 0 Å². The number of aromatic nitrogens is 2. The fourth-order valence-electron chi connectivity index (χ4n) is 2.02. The van der Waals surface area contributed by atoms with E-state index in [0.29, 0.717) is 17.3 Å². The van der Waals surface area contributed by atoms with Gasteiger partial charge in [0.2, 0.25) is 0 Å². The second-order valence-electron chi connectivity index (χ2n) is 5.22. The molecule has 1 heterocycles. The molecule has 0 saturated carbocycles. The fraction of sp³-hybridized carbons (Fsp3) is 0.375. The third-order valence-electron chi connectivity index (χ3n) is 3.55. The van der Waals surface area contributed by atoms with Crippen molar-refractivity contribution in [2.24, 2.45) is 0 Å². The molecule has 0 aliphatic heterocycles. The Morgan fingerprint density at radius 2 is 1.76 bits per heavy atom. The van der Waals surface area contributed by atoms with Crippen LogP contribution in [0.15, 0.2) is 30.3 Å². The first-order valence-electron chi connectivity index (χ1n) is 7.05. The van der Waals surface area contributed by atoms with Crippen LogP contribution in [0.25, 0.3) is 0 Å². The number of nitrogens with zero attached hydrogens (tertiary/aromatic N) is 2. The second-order valence-corrected chi connectivity index (χ2v) is 5.22. The molecule has 0 spiro atoms. The summed E-state index contributed by atoms with van der Waals surface area (Å²) in [5.41, 5.74) is 1.47. The van der Waals surface area contributed by atoms with Crippen LogP contribution in [-0.4, -0.2) is 10.2 Å². The topological polar surface area (TPSA) is 37.8 Å². The maximum Gasteiger partial charge on any atom is 0.149 e. The number of anilines is 1. The molecule has 1 unspecified atom stereocenters. The van der Waals surface area contributed by atoms with Crippen LogP contribution in [0.1, 0.15) is 51.8 Å². The minimum Gasteiger partial charge on any atom is -0.362 e. The van der Waals surface area contributed by atoms with Crippen molar-refractivity contribution in [3.05, 3.63) is 53.2 Å². The van der Waals surface area contributed by atoms with Gasteiger partial charge in [-0.05, 0) is 49.1 Å². The molecular formula is C16H21F2N3. The highest BCUT2D eigenvalue weighted by molar-refractivity contribution is 5.37. The van der Waals surface area contributed by atoms with Crippen LogP contribution in [0.4, 0.5) is 14.6 Å². The summed E-state index contributed by atoms with van der Waals surface area (Å²) < 4.78 is 26.4. The van der Waals surface area contributed by atoms with Crippen LogP contribution in [0.2, 0.25) is 0 Å². The molecule has 1 aromatic heterocycles. The summed E-state index contributed by atoms with van der Waals surface area (Å²) in [5, 5.41) is 11.4. The molecule has 0 amide bonds. The highest BCUT2D eigenvalue weighted by atomic mass is 19.1. The molecule has 0 fully saturated rings. The molecule has 0 saturated heterocycles. The number of halogens is 2. The van der Waals surface area contributed by atoms with Gasteiger partial charge in [0.15, 0.2) is 0 Å². The van der Waals surface area contributed by atoms with E-state index in [0.717, 1.165) is 18.2 Å². The van der Waals surface area contributed by atoms with Gasteiger partial charge in [-0.1, -0.05) is 13.8 Å². The third-order valence-corrected chi connectivity index (χ3v) is 3.55. The summed E-state index contributed by atoms with van der Waals surface area (Å²) in [5.74, 6) is -0.228. The summed E-state index contributed by atoms with van der Waals surface area (Å²) in [6.45, 7) is 6.01. The van der Waals surface area contributed by atoms with Crippen molar-refractivity contribution in [2.75, 3.05) is 5.32 Å². The van der Waals surface area contributed by atoms with E-state index in [1.807, 2.05) is 19.1 Å². The van der Waals surface area contributed by atoms with Gasteiger partial charge in [0, 0.05) is 7.49 Å². The van der Waals surface area contributed by atoms with E-state index in [9.17, 15) is 8.78 Å². The van der Waals surface area contributed by atoms with Crippen molar-refractivity contribution in [3.63, 3.8) is 0 Å². The molecule has 2 aromatic rings. The van der Waals surface area contributed by atoms with Crippen LogP contribution in [-0.2, 0) is 0 Å². The summed E-state index contributed by atoms with van der Waals surface area (Å²) >= 11 is 0. The maximum absolute atomic E-state index is 13.2. The lowest BCUT2D eigenvalue weighted by Crippen LogP contribution is -2.10. The summed E-state index contributed by atoms with van der Waals surface area (Å²) in [4.78, 5) is 0. The minimum absolute atomic E-state index is 0. The second kappa shape index (κ2) is 6.61. The summed E-state index contributed by atoms with van der Waals surface area (Å²) in [7, 11) is 0. The Labute approximate surface area is 124 Å². The van der Waals surface area contributed by atoms with E-state index in [-0.39, 0.29) is 7.47 Å². The predicted molar refractivity (Wildman–Crippen MR) is 81.2 cm³/mol. The number of nitrogens with one attached hydrogen (secondary N) is 1. The Kier molecular flexibility index (Phi) is 4.83. The maximum atomic E-state index is 13.2. The lowest BCUT2D eigenvalue weighted by Gasteiger charge is -2.15. The largest absolute Gasteiger partial charge is 0.362 e. The van der Waals surface area contributed by atoms with Crippen LogP contribution in [0.5, 0.6) is 0 Å². The smallest absolute Gasteiger partial charge is 0.149 e. The van der Waals surface area contributed by atoms with E-state index < -0.39 is 11.6 Å². The Morgan fingerprint density at radius 3 is 2.29 bits per heavy atom. The third kappa shape index (κ3) is 3.97. The van der Waals surface area contributed by atoms with Crippen molar-refractivity contribution >= 4 is 5.82 Å². The van der Waals surface area contributed by atoms with Gasteiger partial charge in [-0.15, -0.1) is 5.10 Å². The zero-order valence-electron chi connectivity index (χ0n) is 12.4. The van der Waals surface area contributed by atoms with Crippen LogP contribution in [0.3, 0.4) is 0 Å². The van der Waals surface area contributed by atoms with Crippen molar-refractivity contribution < 1.29 is 10.2 Å². The lowest BCUT2D eigenvalue weighted by atomic mass is 10.1. The predicted octanol–water partition coefficient (Wildman–Crippen LogP) is 4.69. The SMILES string of the molecule is CCC(C)c1ccc(N[C@@H](C)c2cc(F)cc(F)c2)nn1.[HH]. The Bertz CT molecular complexity index is 585. The molecule has 21 heavy (non-hydrogen) atoms. The molecule has 0 aliphatic rings. The van der Waals surface area contributed by atoms with Crippen LogP contribution in [0, 0.1) is 11.6 Å². The first-order chi connectivity index (χ1) is 9.99. The quantitative estimate of drug-likeness (QED) is 0.869. The molecule has 5 heteroatoms. The highest BCUT2D eigenvalue weighted by Gasteiger charge is 2.10. The van der Waals surface area contributed by atoms with Gasteiger partial charge in [-0.3, -0.25) is 0 Å². The van der Waals surface area contributed by atoms with Crippen molar-refractivity contribution in [1.82, 2.24) is 10.2 Å². The standard InChI is InChI=1S/C16H19F2N3.H2/c1-4-10(2)15-5-6-16(21-20-15)19-11(3)12-7-13(17)9-14(18)8-12;/h5-11H,4H2,1-3H3,(H,19,21);1H/t10?,11-;/m0./s1. The van der Waals surface area contributed by atoms with Crippen molar-refractivity contribution in [2.45, 2.75) is 39.2 Å². The van der Waals surface area contributed by atoms with E-state index >= 15 is 0 Å². The van der Waals surface area contributed by atoms with Crippen molar-refractivity contribution in [3.8, 4) is 0 Å². The van der Waals surface area contributed by atoms with Crippen LogP contribution < -0.4 is 5.32 Å². The molecule has 0 radical (unpaired) electrons. The normalized spacial score (nSPS) is 13.8. The van der Waals surface area contributed by atoms with Gasteiger partial charge in [0.05, 0.1) is 11.7 Å². The molecule has 0 aliphatic carbocycles. The molecule has 0 bridgehead atoms. The molecule has 1 N–H and O–H groups in total. The van der Waals surface area contributed by atoms with Gasteiger partial charge >= 0.3 is 0 Å². The van der Waals surface area contributed by atoms with Gasteiger partial charge in [0.1, 0.15) is 17.5 Å². The lowest BCUT2D eigenvalue weighted by molar-refractivity contribution is 0.577. The Balaban J connectivity index is 0.00000242. The molecular weight excluding hydrogens is 272 g/mol. The van der Waals surface area contributed by atoms with Crippen LogP contribution >= 0.6 is 0 Å². The zero-order chi connectivity index (χ0) is 15.4. The van der Waals surface area contributed by atoms with Gasteiger partial charge in [0.25, 0.3) is 0 Å². The van der Waals surface area contributed by atoms with Gasteiger partial charge in [-0.2, -0.15) is 5.10 Å². The molecule has 1 aromatic carbocycles. The molecule has 2 atom stereocenters. The number of hydrogen-bond donors (Lipinski definition) is 1. The average Bonchev–Trinajstić information content (AvgIpc) is 2.46. The fourth-order valence-corrected chi connectivity index (χ4v) is 2.02. The van der Waals surface area contributed by atoms with E-state index in [2.05, 4.69) is 29.4 Å². The van der Waals surface area contributed by atoms with E-state index in [4.69, 9.17) is 0 Å². The van der Waals surface area contributed by atoms with Gasteiger partial charge < -0.3 is 5.32 Å². The molecule has 3 nitrogen and oxygen atoms in total. The molecule has 114 valence electrons. The summed E-state index contributed by atoms with van der Waals surface area (Å²) in [6, 6.07) is 6.96. The Hall–Kier alpha value is -2.04. The van der Waals surface area contributed by atoms with E-state index in [1.165, 1.54) is 12.1 Å². The number of rotatable bonds is 5. The first-order valence-corrected chi connectivity index (χ1v) is 7.05. The van der Waals surface area contributed by atoms with Gasteiger partial charge in [-0.25, -0.2) is 8.78 Å². The minimum atomic E-state index is -0.586. The Morgan fingerprint density at radius 1 is 1.10 bits per heavy atom. The highest BCUT2D eigenvalue weighted by Crippen LogP contribution is 2.21. The average molecular weight is 293 g/mol. The summed E-state index contributed by atoms with van der Waals surface area (Å²) in [6.07, 6.45) is 1.00. The molecule has 2 rings (SSSR count). The monoisotopic (exact) mass is 293 g/mol. The number of hydrogen-bond acceptors (Lipinski definition) is 3. The van der Waals surface area contributed by atoms with Crippen molar-refractivity contribution in [1.29, 1.82) is 0 Å².